The molecular formula is C10H24N2O9S3. The lowest BCUT2D eigenvalue weighted by atomic mass is 10.3. The van der Waals surface area contributed by atoms with E-state index >= 15 is 0 Å². The average Bonchev–Trinajstić information content (AvgIpc) is 2.44. The largest absolute Gasteiger partial charge is 0.286 e. The summed E-state index contributed by atoms with van der Waals surface area (Å²) in [6.07, 6.45) is 0. The van der Waals surface area contributed by atoms with Crippen molar-refractivity contribution in [2.24, 2.45) is 0 Å². The summed E-state index contributed by atoms with van der Waals surface area (Å²) < 4.78 is 88.6. The van der Waals surface area contributed by atoms with E-state index in [9.17, 15) is 25.3 Å². The maximum atomic E-state index is 11.0. The van der Waals surface area contributed by atoms with Crippen LogP contribution in [0, 0.1) is 0 Å². The van der Waals surface area contributed by atoms with Gasteiger partial charge in [0.05, 0.1) is 5.75 Å². The van der Waals surface area contributed by atoms with Gasteiger partial charge in [-0.15, -0.1) is 0 Å². The van der Waals surface area contributed by atoms with Crippen molar-refractivity contribution >= 4 is 30.4 Å². The highest BCUT2D eigenvalue weighted by Crippen LogP contribution is 2.14. The molecule has 1 aliphatic heterocycles. The van der Waals surface area contributed by atoms with Crippen LogP contribution in [0.15, 0.2) is 0 Å². The molecule has 0 aromatic carbocycles. The molecule has 146 valence electrons. The molecular weight excluding hydrogens is 388 g/mol. The molecule has 0 amide bonds. The molecule has 0 bridgehead atoms. The Morgan fingerprint density at radius 2 is 0.958 bits per heavy atom. The lowest BCUT2D eigenvalue weighted by molar-refractivity contribution is 0.114. The fourth-order valence-corrected chi connectivity index (χ4v) is 3.02. The smallest absolute Gasteiger partial charge is 0.280 e. The van der Waals surface area contributed by atoms with Crippen LogP contribution in [0.1, 0.15) is 20.8 Å². The highest BCUT2D eigenvalue weighted by atomic mass is 32.2. The Morgan fingerprint density at radius 1 is 0.750 bits per heavy atom. The molecule has 11 nitrogen and oxygen atoms in total. The van der Waals surface area contributed by atoms with Gasteiger partial charge < -0.3 is 0 Å². The van der Waals surface area contributed by atoms with E-state index in [0.29, 0.717) is 26.2 Å². The Morgan fingerprint density at radius 3 is 1.08 bits per heavy atom. The fourth-order valence-electron chi connectivity index (χ4n) is 1.84. The van der Waals surface area contributed by atoms with Crippen LogP contribution in [0.25, 0.3) is 0 Å². The number of rotatable bonds is 5. The van der Waals surface area contributed by atoms with Crippen LogP contribution in [0.2, 0.25) is 0 Å². The van der Waals surface area contributed by atoms with Gasteiger partial charge in [-0.1, -0.05) is 0 Å². The van der Waals surface area contributed by atoms with Crippen molar-refractivity contribution in [2.75, 3.05) is 31.9 Å². The Labute approximate surface area is 142 Å². The molecule has 1 saturated heterocycles. The van der Waals surface area contributed by atoms with Gasteiger partial charge in [-0.25, -0.2) is 0 Å². The van der Waals surface area contributed by atoms with Crippen molar-refractivity contribution < 1.29 is 38.9 Å². The molecule has 0 aromatic rings. The zero-order valence-corrected chi connectivity index (χ0v) is 16.1. The Balaban J connectivity index is 0.000000754. The van der Waals surface area contributed by atoms with E-state index in [0.717, 1.165) is 0 Å². The molecule has 24 heavy (non-hydrogen) atoms. The van der Waals surface area contributed by atoms with Crippen molar-refractivity contribution in [3.05, 3.63) is 0 Å². The Bertz CT molecular complexity index is 648. The van der Waals surface area contributed by atoms with E-state index in [1.807, 2.05) is 0 Å². The van der Waals surface area contributed by atoms with Crippen LogP contribution in [-0.4, -0.2) is 91.4 Å². The number of hydrogen-bond donors (Lipinski definition) is 3. The van der Waals surface area contributed by atoms with Crippen molar-refractivity contribution in [3.63, 3.8) is 0 Å². The van der Waals surface area contributed by atoms with Crippen LogP contribution in [-0.2, 0) is 30.4 Å². The molecule has 1 rings (SSSR count). The number of hydrogen-bond acceptors (Lipinski definition) is 8. The van der Waals surface area contributed by atoms with Crippen molar-refractivity contribution in [3.8, 4) is 0 Å². The summed E-state index contributed by atoms with van der Waals surface area (Å²) in [5.74, 6) is -0.201. The normalized spacial score (nSPS) is 20.8. The van der Waals surface area contributed by atoms with Crippen molar-refractivity contribution in [1.82, 2.24) is 9.80 Å². The maximum absolute atomic E-state index is 11.0. The fraction of sp³-hybridized carbons (Fsp3) is 1.00. The molecule has 0 spiro atoms. The third kappa shape index (κ3) is 8.66. The minimum atomic E-state index is -4.13. The van der Waals surface area contributed by atoms with E-state index < -0.39 is 41.1 Å². The third-order valence-electron chi connectivity index (χ3n) is 3.60. The second kappa shape index (κ2) is 8.84. The van der Waals surface area contributed by atoms with E-state index in [1.165, 1.54) is 20.8 Å². The highest BCUT2D eigenvalue weighted by molar-refractivity contribution is 7.86. The predicted molar refractivity (Wildman–Crippen MR) is 87.3 cm³/mol. The van der Waals surface area contributed by atoms with Crippen LogP contribution in [0.5, 0.6) is 0 Å². The topological polar surface area (TPSA) is 170 Å². The number of nitrogens with zero attached hydrogens (tertiary/aromatic N) is 2. The van der Waals surface area contributed by atoms with Gasteiger partial charge in [-0.05, 0) is 20.8 Å². The monoisotopic (exact) mass is 412 g/mol. The first-order chi connectivity index (χ1) is 10.6. The molecule has 0 aliphatic carbocycles. The first-order valence-electron chi connectivity index (χ1n) is 6.95. The summed E-state index contributed by atoms with van der Waals surface area (Å²) in [6.45, 7) is 5.34. The van der Waals surface area contributed by atoms with Crippen LogP contribution < -0.4 is 0 Å². The molecule has 1 aliphatic rings. The predicted octanol–water partition coefficient (Wildman–Crippen LogP) is -1.03. The number of piperazine rings is 1. The Hall–Kier alpha value is -0.350. The zero-order valence-electron chi connectivity index (χ0n) is 13.6. The van der Waals surface area contributed by atoms with Gasteiger partial charge in [0.15, 0.2) is 0 Å². The summed E-state index contributed by atoms with van der Waals surface area (Å²) in [5, 5.41) is -2.03. The first-order valence-corrected chi connectivity index (χ1v) is 11.6. The van der Waals surface area contributed by atoms with E-state index in [4.69, 9.17) is 13.7 Å². The third-order valence-corrected chi connectivity index (χ3v) is 6.65. The molecule has 1 fully saturated rings. The molecule has 0 radical (unpaired) electrons. The quantitative estimate of drug-likeness (QED) is 0.471. The van der Waals surface area contributed by atoms with Gasteiger partial charge in [-0.3, -0.25) is 23.5 Å². The summed E-state index contributed by atoms with van der Waals surface area (Å²) in [7, 11) is -11.9. The summed E-state index contributed by atoms with van der Waals surface area (Å²) >= 11 is 0. The second-order valence-electron chi connectivity index (χ2n) is 5.17. The maximum Gasteiger partial charge on any atom is 0.280 e. The van der Waals surface area contributed by atoms with Gasteiger partial charge in [0.25, 0.3) is 30.4 Å². The summed E-state index contributed by atoms with van der Waals surface area (Å²) in [4.78, 5) is 3.09. The minimum absolute atomic E-state index is 0.201. The van der Waals surface area contributed by atoms with E-state index in [2.05, 4.69) is 0 Å². The van der Waals surface area contributed by atoms with Gasteiger partial charge in [0.2, 0.25) is 0 Å². The van der Waals surface area contributed by atoms with E-state index in [1.54, 1.807) is 9.80 Å². The average molecular weight is 413 g/mol. The Kier molecular flexibility index (Phi) is 8.71. The van der Waals surface area contributed by atoms with Crippen molar-refractivity contribution in [1.29, 1.82) is 0 Å². The molecule has 1 heterocycles. The van der Waals surface area contributed by atoms with Crippen molar-refractivity contribution in [2.45, 2.75) is 31.5 Å². The SMILES string of the molecule is CC(N1CCN(C(C)S(=O)(=O)O)CC1)S(=O)(=O)O.CCS(=O)(=O)O. The minimum Gasteiger partial charge on any atom is -0.286 e. The lowest BCUT2D eigenvalue weighted by Gasteiger charge is -2.38. The molecule has 0 aromatic heterocycles. The van der Waals surface area contributed by atoms with Crippen LogP contribution in [0.4, 0.5) is 0 Å². The van der Waals surface area contributed by atoms with Gasteiger partial charge in [0, 0.05) is 26.2 Å². The summed E-state index contributed by atoms with van der Waals surface area (Å²) in [6, 6.07) is 0. The van der Waals surface area contributed by atoms with E-state index in [-0.39, 0.29) is 5.75 Å². The molecule has 0 saturated carbocycles. The van der Waals surface area contributed by atoms with Crippen LogP contribution >= 0.6 is 0 Å². The lowest BCUT2D eigenvalue weighted by Crippen LogP contribution is -2.54. The molecule has 2 atom stereocenters. The molecule has 14 heteroatoms. The molecule has 2 unspecified atom stereocenters. The first kappa shape index (κ1) is 23.6. The van der Waals surface area contributed by atoms with Gasteiger partial charge >= 0.3 is 0 Å². The zero-order chi connectivity index (χ0) is 19.3. The van der Waals surface area contributed by atoms with Crippen LogP contribution in [0.3, 0.4) is 0 Å². The molecule has 3 N–H and O–H groups in total. The standard InChI is InChI=1S/C8H18N2O6S2.C2H6O3S/c1-7(17(11,12)13)9-3-5-10(6-4-9)8(2)18(14,15)16;1-2-6(3,4)5/h7-8H,3-6H2,1-2H3,(H,11,12,13)(H,14,15,16);2H2,1H3,(H,3,4,5). The summed E-state index contributed by atoms with van der Waals surface area (Å²) in [5.41, 5.74) is 0. The highest BCUT2D eigenvalue weighted by Gasteiger charge is 2.32. The van der Waals surface area contributed by atoms with Gasteiger partial charge in [0.1, 0.15) is 10.7 Å². The van der Waals surface area contributed by atoms with Gasteiger partial charge in [-0.2, -0.15) is 25.3 Å². The second-order valence-corrected chi connectivity index (χ2v) is 10.3.